The van der Waals surface area contributed by atoms with Gasteiger partial charge < -0.3 is 15.1 Å². The fourth-order valence-electron chi connectivity index (χ4n) is 3.22. The van der Waals surface area contributed by atoms with Gasteiger partial charge in [0.2, 0.25) is 5.91 Å². The lowest BCUT2D eigenvalue weighted by molar-refractivity contribution is -0.113. The van der Waals surface area contributed by atoms with Gasteiger partial charge >= 0.3 is 0 Å². The third-order valence-corrected chi connectivity index (χ3v) is 6.12. The van der Waals surface area contributed by atoms with E-state index in [1.54, 1.807) is 11.8 Å². The number of anilines is 2. The van der Waals surface area contributed by atoms with E-state index in [0.717, 1.165) is 36.8 Å². The number of hydrogen-bond acceptors (Lipinski definition) is 4. The Balaban J connectivity index is 1.48. The Morgan fingerprint density at radius 1 is 0.964 bits per heavy atom. The number of piperazine rings is 1. The molecule has 1 heterocycles. The summed E-state index contributed by atoms with van der Waals surface area (Å²) < 4.78 is 0. The van der Waals surface area contributed by atoms with Crippen LogP contribution in [0.15, 0.2) is 53.4 Å². The molecule has 4 nitrogen and oxygen atoms in total. The third kappa shape index (κ3) is 5.76. The number of amides is 1. The van der Waals surface area contributed by atoms with Gasteiger partial charge in [0.15, 0.2) is 0 Å². The molecule has 0 bridgehead atoms. The molecule has 1 amide bonds. The fourth-order valence-corrected chi connectivity index (χ4v) is 3.92. The van der Waals surface area contributed by atoms with E-state index < -0.39 is 0 Å². The molecule has 0 atom stereocenters. The van der Waals surface area contributed by atoms with Gasteiger partial charge in [0.1, 0.15) is 0 Å². The summed E-state index contributed by atoms with van der Waals surface area (Å²) in [6.07, 6.45) is 0. The Labute approximate surface area is 173 Å². The lowest BCUT2D eigenvalue weighted by Crippen LogP contribution is -2.44. The molecule has 0 spiro atoms. The molecule has 2 aromatic carbocycles. The van der Waals surface area contributed by atoms with E-state index >= 15 is 0 Å². The number of nitrogens with zero attached hydrogens (tertiary/aromatic N) is 2. The van der Waals surface area contributed by atoms with Crippen molar-refractivity contribution < 1.29 is 4.79 Å². The van der Waals surface area contributed by atoms with Crippen LogP contribution in [0.5, 0.6) is 0 Å². The van der Waals surface area contributed by atoms with Gasteiger partial charge in [-0.3, -0.25) is 4.79 Å². The Morgan fingerprint density at radius 3 is 2.14 bits per heavy atom. The van der Waals surface area contributed by atoms with Crippen LogP contribution in [0.25, 0.3) is 0 Å². The lowest BCUT2D eigenvalue weighted by Gasteiger charge is -2.34. The highest BCUT2D eigenvalue weighted by Gasteiger charge is 2.15. The number of thioether (sulfide) groups is 1. The summed E-state index contributed by atoms with van der Waals surface area (Å²) in [5, 5.41) is 3.00. The Kier molecular flexibility index (Phi) is 6.68. The molecular formula is C23H31N3OS. The molecule has 28 heavy (non-hydrogen) atoms. The molecule has 0 aliphatic carbocycles. The van der Waals surface area contributed by atoms with Gasteiger partial charge in [0.05, 0.1) is 5.75 Å². The number of carbonyl (C=O) groups is 1. The molecule has 3 rings (SSSR count). The van der Waals surface area contributed by atoms with Crippen LogP contribution in [0.3, 0.4) is 0 Å². The van der Waals surface area contributed by atoms with Gasteiger partial charge in [-0.1, -0.05) is 32.9 Å². The minimum atomic E-state index is 0.0252. The van der Waals surface area contributed by atoms with E-state index in [0.29, 0.717) is 5.75 Å². The first kappa shape index (κ1) is 20.7. The average molecular weight is 398 g/mol. The van der Waals surface area contributed by atoms with Gasteiger partial charge in [-0.05, 0) is 54.4 Å². The number of rotatable bonds is 5. The van der Waals surface area contributed by atoms with E-state index in [9.17, 15) is 4.79 Å². The summed E-state index contributed by atoms with van der Waals surface area (Å²) in [5.74, 6) is 0.437. The van der Waals surface area contributed by atoms with Crippen molar-refractivity contribution in [3.63, 3.8) is 0 Å². The maximum Gasteiger partial charge on any atom is 0.234 e. The first-order chi connectivity index (χ1) is 13.3. The molecule has 0 radical (unpaired) electrons. The van der Waals surface area contributed by atoms with Crippen LogP contribution in [0.1, 0.15) is 26.3 Å². The van der Waals surface area contributed by atoms with E-state index in [2.05, 4.69) is 79.3 Å². The van der Waals surface area contributed by atoms with E-state index in [1.807, 2.05) is 12.1 Å². The summed E-state index contributed by atoms with van der Waals surface area (Å²) in [6.45, 7) is 10.9. The monoisotopic (exact) mass is 397 g/mol. The fraction of sp³-hybridized carbons (Fsp3) is 0.435. The van der Waals surface area contributed by atoms with Crippen LogP contribution >= 0.6 is 11.8 Å². The van der Waals surface area contributed by atoms with Gasteiger partial charge in [0.25, 0.3) is 0 Å². The summed E-state index contributed by atoms with van der Waals surface area (Å²) >= 11 is 1.57. The zero-order valence-electron chi connectivity index (χ0n) is 17.4. The van der Waals surface area contributed by atoms with Crippen molar-refractivity contribution in [2.45, 2.75) is 31.1 Å². The number of likely N-dealkylation sites (N-methyl/N-ethyl adjacent to an activating group) is 1. The Bertz CT molecular complexity index is 773. The molecule has 150 valence electrons. The minimum absolute atomic E-state index is 0.0252. The van der Waals surface area contributed by atoms with Crippen LogP contribution < -0.4 is 10.2 Å². The van der Waals surface area contributed by atoms with Crippen molar-refractivity contribution in [3.05, 3.63) is 54.1 Å². The summed E-state index contributed by atoms with van der Waals surface area (Å²) in [6, 6.07) is 16.7. The van der Waals surface area contributed by atoms with E-state index in [4.69, 9.17) is 0 Å². The molecule has 1 aliphatic rings. The summed E-state index contributed by atoms with van der Waals surface area (Å²) in [5.41, 5.74) is 3.53. The molecule has 1 aliphatic heterocycles. The zero-order chi connectivity index (χ0) is 20.1. The standard InChI is InChI=1S/C23H31N3OS/c1-23(2,3)18-5-11-21(12-6-18)28-17-22(27)24-19-7-9-20(10-8-19)26-15-13-25(4)14-16-26/h5-12H,13-17H2,1-4H3,(H,24,27). The Hall–Kier alpha value is -1.98. The molecular weight excluding hydrogens is 366 g/mol. The van der Waals surface area contributed by atoms with Gasteiger partial charge in [-0.2, -0.15) is 0 Å². The van der Waals surface area contributed by atoms with Gasteiger partial charge in [-0.15, -0.1) is 11.8 Å². The van der Waals surface area contributed by atoms with Gasteiger partial charge in [-0.25, -0.2) is 0 Å². The molecule has 1 N–H and O–H groups in total. The number of nitrogens with one attached hydrogen (secondary N) is 1. The molecule has 1 fully saturated rings. The van der Waals surface area contributed by atoms with Crippen LogP contribution in [0, 0.1) is 0 Å². The first-order valence-corrected chi connectivity index (χ1v) is 10.9. The van der Waals surface area contributed by atoms with E-state index in [1.165, 1.54) is 11.3 Å². The summed E-state index contributed by atoms with van der Waals surface area (Å²) in [4.78, 5) is 18.1. The summed E-state index contributed by atoms with van der Waals surface area (Å²) in [7, 11) is 2.16. The van der Waals surface area contributed by atoms with Crippen molar-refractivity contribution in [2.75, 3.05) is 49.2 Å². The number of hydrogen-bond donors (Lipinski definition) is 1. The molecule has 1 saturated heterocycles. The van der Waals surface area contributed by atoms with Crippen LogP contribution in [0.2, 0.25) is 0 Å². The average Bonchev–Trinajstić information content (AvgIpc) is 2.67. The normalized spacial score (nSPS) is 15.5. The van der Waals surface area contributed by atoms with Crippen molar-refractivity contribution >= 4 is 29.0 Å². The predicted molar refractivity (Wildman–Crippen MR) is 121 cm³/mol. The predicted octanol–water partition coefficient (Wildman–Crippen LogP) is 4.47. The van der Waals surface area contributed by atoms with Crippen LogP contribution in [0.4, 0.5) is 11.4 Å². The van der Waals surface area contributed by atoms with Crippen LogP contribution in [-0.2, 0) is 10.2 Å². The number of carbonyl (C=O) groups excluding carboxylic acids is 1. The zero-order valence-corrected chi connectivity index (χ0v) is 18.2. The minimum Gasteiger partial charge on any atom is -0.369 e. The largest absolute Gasteiger partial charge is 0.369 e. The molecule has 0 aromatic heterocycles. The molecule has 2 aromatic rings. The lowest BCUT2D eigenvalue weighted by atomic mass is 9.87. The second-order valence-corrected chi connectivity index (χ2v) is 9.50. The second kappa shape index (κ2) is 9.01. The smallest absolute Gasteiger partial charge is 0.234 e. The topological polar surface area (TPSA) is 35.6 Å². The number of benzene rings is 2. The maximum absolute atomic E-state index is 12.3. The maximum atomic E-state index is 12.3. The molecule has 0 saturated carbocycles. The van der Waals surface area contributed by atoms with Crippen molar-refractivity contribution in [1.82, 2.24) is 4.90 Å². The molecule has 5 heteroatoms. The first-order valence-electron chi connectivity index (χ1n) is 9.88. The highest BCUT2D eigenvalue weighted by atomic mass is 32.2. The van der Waals surface area contributed by atoms with Crippen LogP contribution in [-0.4, -0.2) is 49.8 Å². The third-order valence-electron chi connectivity index (χ3n) is 5.11. The van der Waals surface area contributed by atoms with Crippen molar-refractivity contribution in [1.29, 1.82) is 0 Å². The highest BCUT2D eigenvalue weighted by molar-refractivity contribution is 8.00. The quantitative estimate of drug-likeness (QED) is 0.755. The van der Waals surface area contributed by atoms with E-state index in [-0.39, 0.29) is 11.3 Å². The molecule has 0 unspecified atom stereocenters. The van der Waals surface area contributed by atoms with Gasteiger partial charge in [0, 0.05) is 42.4 Å². The highest BCUT2D eigenvalue weighted by Crippen LogP contribution is 2.26. The van der Waals surface area contributed by atoms with Crippen molar-refractivity contribution in [3.8, 4) is 0 Å². The second-order valence-electron chi connectivity index (χ2n) is 8.45. The van der Waals surface area contributed by atoms with Crippen molar-refractivity contribution in [2.24, 2.45) is 0 Å². The Morgan fingerprint density at radius 2 is 1.57 bits per heavy atom. The SMILES string of the molecule is CN1CCN(c2ccc(NC(=O)CSc3ccc(C(C)(C)C)cc3)cc2)CC1.